The molecule has 0 aliphatic heterocycles. The minimum atomic E-state index is -0.266. The molecule has 5 nitrogen and oxygen atoms in total. The smallest absolute Gasteiger partial charge is 0.200 e. The van der Waals surface area contributed by atoms with Crippen molar-refractivity contribution in [1.82, 2.24) is 10.6 Å². The molecule has 0 aliphatic carbocycles. The van der Waals surface area contributed by atoms with E-state index >= 15 is 0 Å². The van der Waals surface area contributed by atoms with E-state index in [4.69, 9.17) is 5.73 Å². The Hall–Kier alpha value is -2.37. The van der Waals surface area contributed by atoms with E-state index in [1.165, 1.54) is 12.1 Å². The molecule has 22 heavy (non-hydrogen) atoms. The fourth-order valence-electron chi connectivity index (χ4n) is 1.69. The summed E-state index contributed by atoms with van der Waals surface area (Å²) >= 11 is 0. The molecule has 120 valence electrons. The second-order valence-electron chi connectivity index (χ2n) is 4.87. The number of halogens is 1. The van der Waals surface area contributed by atoms with Crippen molar-refractivity contribution in [1.29, 1.82) is 0 Å². The maximum absolute atomic E-state index is 13.1. The van der Waals surface area contributed by atoms with Gasteiger partial charge in [-0.25, -0.2) is 9.38 Å². The first-order chi connectivity index (χ1) is 10.5. The normalized spacial score (nSPS) is 12.1. The third-order valence-electron chi connectivity index (χ3n) is 2.81. The summed E-state index contributed by atoms with van der Waals surface area (Å²) in [5, 5.41) is 5.84. The van der Waals surface area contributed by atoms with Gasteiger partial charge in [0.05, 0.1) is 5.82 Å². The number of unbranched alkanes of at least 4 members (excludes halogenated alkanes) is 1. The SMILES string of the molecule is C=C(NCc1cccc(F)c1)NC(N)=NC(C)=NCCCC. The van der Waals surface area contributed by atoms with Gasteiger partial charge in [-0.05, 0) is 31.0 Å². The molecule has 0 heterocycles. The van der Waals surface area contributed by atoms with Crippen molar-refractivity contribution in [3.8, 4) is 0 Å². The molecule has 0 aliphatic rings. The summed E-state index contributed by atoms with van der Waals surface area (Å²) in [5.41, 5.74) is 6.59. The number of nitrogens with zero attached hydrogens (tertiary/aromatic N) is 2. The fourth-order valence-corrected chi connectivity index (χ4v) is 1.69. The number of guanidine groups is 1. The molecule has 0 unspecified atom stereocenters. The van der Waals surface area contributed by atoms with Crippen molar-refractivity contribution in [3.63, 3.8) is 0 Å². The maximum atomic E-state index is 13.1. The first kappa shape index (κ1) is 17.7. The molecule has 0 radical (unpaired) electrons. The Morgan fingerprint density at radius 1 is 1.41 bits per heavy atom. The molecule has 0 saturated heterocycles. The van der Waals surface area contributed by atoms with Gasteiger partial charge in [0.2, 0.25) is 5.96 Å². The fraction of sp³-hybridized carbons (Fsp3) is 0.375. The van der Waals surface area contributed by atoms with Gasteiger partial charge in [-0.1, -0.05) is 32.1 Å². The van der Waals surface area contributed by atoms with Crippen LogP contribution in [0.25, 0.3) is 0 Å². The van der Waals surface area contributed by atoms with Crippen LogP contribution in [0, 0.1) is 5.82 Å². The Kier molecular flexibility index (Phi) is 7.67. The van der Waals surface area contributed by atoms with Crippen molar-refractivity contribution in [2.45, 2.75) is 33.2 Å². The molecule has 0 saturated carbocycles. The summed E-state index contributed by atoms with van der Waals surface area (Å²) in [6.07, 6.45) is 2.12. The number of nitrogens with two attached hydrogens (primary N) is 1. The highest BCUT2D eigenvalue weighted by molar-refractivity contribution is 5.94. The van der Waals surface area contributed by atoms with E-state index in [0.29, 0.717) is 18.2 Å². The molecule has 4 N–H and O–H groups in total. The van der Waals surface area contributed by atoms with Crippen LogP contribution >= 0.6 is 0 Å². The number of aliphatic imine (C=N–C) groups is 2. The Morgan fingerprint density at radius 2 is 2.18 bits per heavy atom. The number of benzene rings is 1. The molecule has 1 aromatic carbocycles. The van der Waals surface area contributed by atoms with Crippen LogP contribution in [-0.4, -0.2) is 18.3 Å². The van der Waals surface area contributed by atoms with Gasteiger partial charge in [-0.15, -0.1) is 0 Å². The van der Waals surface area contributed by atoms with Gasteiger partial charge in [0, 0.05) is 13.1 Å². The molecular formula is C16H24FN5. The lowest BCUT2D eigenvalue weighted by Gasteiger charge is -2.11. The van der Waals surface area contributed by atoms with E-state index in [2.05, 4.69) is 34.1 Å². The molecule has 1 aromatic rings. The van der Waals surface area contributed by atoms with E-state index in [1.807, 2.05) is 6.07 Å². The number of nitrogens with one attached hydrogen (secondary N) is 2. The Balaban J connectivity index is 2.42. The lowest BCUT2D eigenvalue weighted by Crippen LogP contribution is -2.36. The van der Waals surface area contributed by atoms with Gasteiger partial charge in [-0.2, -0.15) is 0 Å². The number of rotatable bonds is 7. The second kappa shape index (κ2) is 9.55. The predicted molar refractivity (Wildman–Crippen MR) is 90.0 cm³/mol. The molecule has 0 amide bonds. The largest absolute Gasteiger partial charge is 0.369 e. The highest BCUT2D eigenvalue weighted by Gasteiger charge is 1.99. The molecule has 1 rings (SSSR count). The summed E-state index contributed by atoms with van der Waals surface area (Å²) in [6.45, 7) is 8.90. The average Bonchev–Trinajstić information content (AvgIpc) is 2.45. The lowest BCUT2D eigenvalue weighted by atomic mass is 10.2. The van der Waals surface area contributed by atoms with Gasteiger partial charge in [0.15, 0.2) is 0 Å². The van der Waals surface area contributed by atoms with Crippen LogP contribution in [0.15, 0.2) is 46.7 Å². The van der Waals surface area contributed by atoms with Crippen LogP contribution < -0.4 is 16.4 Å². The summed E-state index contributed by atoms with van der Waals surface area (Å²) in [7, 11) is 0. The van der Waals surface area contributed by atoms with Crippen molar-refractivity contribution < 1.29 is 4.39 Å². The highest BCUT2D eigenvalue weighted by Crippen LogP contribution is 2.03. The van der Waals surface area contributed by atoms with E-state index in [1.54, 1.807) is 13.0 Å². The van der Waals surface area contributed by atoms with Gasteiger partial charge in [0.1, 0.15) is 11.7 Å². The topological polar surface area (TPSA) is 74.8 Å². The summed E-state index contributed by atoms with van der Waals surface area (Å²) in [6, 6.07) is 6.35. The average molecular weight is 305 g/mol. The third-order valence-corrected chi connectivity index (χ3v) is 2.81. The number of hydrogen-bond acceptors (Lipinski definition) is 2. The Morgan fingerprint density at radius 3 is 2.86 bits per heavy atom. The molecule has 0 spiro atoms. The quantitative estimate of drug-likeness (QED) is 0.411. The minimum Gasteiger partial charge on any atom is -0.369 e. The number of hydrogen-bond donors (Lipinski definition) is 3. The van der Waals surface area contributed by atoms with Crippen LogP contribution in [-0.2, 0) is 6.54 Å². The number of amidine groups is 1. The van der Waals surface area contributed by atoms with Crippen molar-refractivity contribution in [2.24, 2.45) is 15.7 Å². The van der Waals surface area contributed by atoms with Crippen LogP contribution in [0.4, 0.5) is 4.39 Å². The first-order valence-corrected chi connectivity index (χ1v) is 7.30. The Bertz CT molecular complexity index is 551. The summed E-state index contributed by atoms with van der Waals surface area (Å²) in [4.78, 5) is 8.41. The lowest BCUT2D eigenvalue weighted by molar-refractivity contribution is 0.623. The second-order valence-corrected chi connectivity index (χ2v) is 4.87. The third kappa shape index (κ3) is 7.42. The van der Waals surface area contributed by atoms with Gasteiger partial charge in [0.25, 0.3) is 0 Å². The van der Waals surface area contributed by atoms with Crippen LogP contribution in [0.5, 0.6) is 0 Å². The zero-order valence-electron chi connectivity index (χ0n) is 13.2. The molecule has 0 fully saturated rings. The molecule has 0 atom stereocenters. The van der Waals surface area contributed by atoms with E-state index in [0.717, 1.165) is 24.9 Å². The standard InChI is InChI=1S/C16H24FN5/c1-4-5-9-19-12(2)21-16(18)22-13(3)20-11-14-7-6-8-15(17)10-14/h6-8,10,20H,3-5,9,11H2,1-2H3,(H3,18,19,21,22). The zero-order valence-corrected chi connectivity index (χ0v) is 13.2. The van der Waals surface area contributed by atoms with Gasteiger partial charge < -0.3 is 16.4 Å². The summed E-state index contributed by atoms with van der Waals surface area (Å²) < 4.78 is 13.1. The van der Waals surface area contributed by atoms with Crippen molar-refractivity contribution >= 4 is 11.8 Å². The highest BCUT2D eigenvalue weighted by atomic mass is 19.1. The van der Waals surface area contributed by atoms with Crippen molar-refractivity contribution in [2.75, 3.05) is 6.54 Å². The van der Waals surface area contributed by atoms with Gasteiger partial charge >= 0.3 is 0 Å². The van der Waals surface area contributed by atoms with Crippen molar-refractivity contribution in [3.05, 3.63) is 48.0 Å². The molecule has 0 aromatic heterocycles. The first-order valence-electron chi connectivity index (χ1n) is 7.30. The summed E-state index contributed by atoms with van der Waals surface area (Å²) in [5.74, 6) is 1.07. The monoisotopic (exact) mass is 305 g/mol. The van der Waals surface area contributed by atoms with Crippen LogP contribution in [0.3, 0.4) is 0 Å². The molecular weight excluding hydrogens is 281 g/mol. The Labute approximate surface area is 131 Å². The molecule has 0 bridgehead atoms. The predicted octanol–water partition coefficient (Wildman–Crippen LogP) is 2.51. The van der Waals surface area contributed by atoms with Crippen LogP contribution in [0.2, 0.25) is 0 Å². The minimum absolute atomic E-state index is 0.217. The molecule has 6 heteroatoms. The van der Waals surface area contributed by atoms with E-state index < -0.39 is 0 Å². The van der Waals surface area contributed by atoms with Gasteiger partial charge in [-0.3, -0.25) is 4.99 Å². The van der Waals surface area contributed by atoms with E-state index in [9.17, 15) is 4.39 Å². The van der Waals surface area contributed by atoms with E-state index in [-0.39, 0.29) is 11.8 Å². The maximum Gasteiger partial charge on any atom is 0.200 e. The zero-order chi connectivity index (χ0) is 16.4. The van der Waals surface area contributed by atoms with Crippen LogP contribution in [0.1, 0.15) is 32.3 Å².